The van der Waals surface area contributed by atoms with E-state index in [-0.39, 0.29) is 5.91 Å². The molecule has 4 rings (SSSR count). The molecule has 2 heterocycles. The minimum absolute atomic E-state index is 0.0946. The number of carbonyl (C=O) groups is 1. The Balaban J connectivity index is 1.36. The molecule has 0 unspecified atom stereocenters. The van der Waals surface area contributed by atoms with Gasteiger partial charge in [0.25, 0.3) is 0 Å². The number of ether oxygens (including phenoxy) is 2. The van der Waals surface area contributed by atoms with Crippen molar-refractivity contribution in [3.8, 4) is 11.5 Å². The Morgan fingerprint density at radius 3 is 2.71 bits per heavy atom. The summed E-state index contributed by atoms with van der Waals surface area (Å²) in [6, 6.07) is 11.8. The molecule has 0 aliphatic carbocycles. The maximum Gasteiger partial charge on any atom is 0.228 e. The number of hydrogen-bond donors (Lipinski definition) is 0. The van der Waals surface area contributed by atoms with E-state index in [1.807, 2.05) is 40.6 Å². The number of thioether (sulfide) groups is 1. The van der Waals surface area contributed by atoms with Crippen molar-refractivity contribution in [1.82, 2.24) is 9.88 Å². The fourth-order valence-electron chi connectivity index (χ4n) is 3.57. The fourth-order valence-corrected chi connectivity index (χ4v) is 5.57. The minimum atomic E-state index is 0.0946. The standard InChI is InChI=1S/C23H23ClN2O3S2/c1-28-20-9-16-6-7-26(12-17(16)10-21(20)29-2)22(27)11-19-14-31-23(25-19)30-13-15-4-3-5-18(24)8-15/h3-5,8-10,14H,6-7,11-13H2,1-2H3. The van der Waals surface area contributed by atoms with Crippen molar-refractivity contribution < 1.29 is 14.3 Å². The SMILES string of the molecule is COc1cc2c(cc1OC)CN(C(=O)Cc1csc(SCc3cccc(Cl)c3)n1)CC2. The minimum Gasteiger partial charge on any atom is -0.493 e. The van der Waals surface area contributed by atoms with Crippen LogP contribution in [-0.2, 0) is 29.9 Å². The average Bonchev–Trinajstić information content (AvgIpc) is 3.23. The molecular weight excluding hydrogens is 452 g/mol. The van der Waals surface area contributed by atoms with E-state index in [2.05, 4.69) is 11.1 Å². The van der Waals surface area contributed by atoms with Gasteiger partial charge in [-0.05, 0) is 47.4 Å². The van der Waals surface area contributed by atoms with Crippen LogP contribution in [-0.4, -0.2) is 36.6 Å². The second kappa shape index (κ2) is 9.94. The van der Waals surface area contributed by atoms with Gasteiger partial charge >= 0.3 is 0 Å². The summed E-state index contributed by atoms with van der Waals surface area (Å²) in [6.07, 6.45) is 1.12. The van der Waals surface area contributed by atoms with Crippen LogP contribution in [0.5, 0.6) is 11.5 Å². The molecule has 0 N–H and O–H groups in total. The van der Waals surface area contributed by atoms with Crippen LogP contribution in [0.3, 0.4) is 0 Å². The summed E-state index contributed by atoms with van der Waals surface area (Å²) in [5.74, 6) is 2.32. The Morgan fingerprint density at radius 1 is 1.19 bits per heavy atom. The molecule has 8 heteroatoms. The highest BCUT2D eigenvalue weighted by Crippen LogP contribution is 2.33. The van der Waals surface area contributed by atoms with Crippen molar-refractivity contribution in [3.63, 3.8) is 0 Å². The molecular formula is C23H23ClN2O3S2. The first-order valence-corrected chi connectivity index (χ1v) is 12.1. The van der Waals surface area contributed by atoms with Crippen LogP contribution in [0.4, 0.5) is 0 Å². The highest BCUT2D eigenvalue weighted by Gasteiger charge is 2.23. The first-order valence-electron chi connectivity index (χ1n) is 9.89. The Bertz CT molecular complexity index is 1090. The smallest absolute Gasteiger partial charge is 0.228 e. The van der Waals surface area contributed by atoms with Crippen molar-refractivity contribution in [2.75, 3.05) is 20.8 Å². The van der Waals surface area contributed by atoms with Crippen LogP contribution >= 0.6 is 34.7 Å². The summed E-state index contributed by atoms with van der Waals surface area (Å²) in [4.78, 5) is 19.4. The number of benzene rings is 2. The third-order valence-corrected chi connectivity index (χ3v) is 7.56. The van der Waals surface area contributed by atoms with Crippen molar-refractivity contribution in [2.45, 2.75) is 29.5 Å². The lowest BCUT2D eigenvalue weighted by Crippen LogP contribution is -2.37. The number of carbonyl (C=O) groups excluding carboxylic acids is 1. The van der Waals surface area contributed by atoms with E-state index < -0.39 is 0 Å². The first-order chi connectivity index (χ1) is 15.1. The van der Waals surface area contributed by atoms with Crippen LogP contribution < -0.4 is 9.47 Å². The zero-order valence-electron chi connectivity index (χ0n) is 17.4. The summed E-state index contributed by atoms with van der Waals surface area (Å²) in [5.41, 5.74) is 4.29. The van der Waals surface area contributed by atoms with Gasteiger partial charge in [-0.1, -0.05) is 35.5 Å². The molecule has 3 aromatic rings. The maximum absolute atomic E-state index is 12.9. The quantitative estimate of drug-likeness (QED) is 0.439. The van der Waals surface area contributed by atoms with E-state index >= 15 is 0 Å². The van der Waals surface area contributed by atoms with E-state index in [4.69, 9.17) is 21.1 Å². The number of fused-ring (bicyclic) bond motifs is 1. The molecule has 1 aromatic heterocycles. The zero-order chi connectivity index (χ0) is 21.8. The van der Waals surface area contributed by atoms with Crippen LogP contribution in [0.15, 0.2) is 46.1 Å². The predicted molar refractivity (Wildman–Crippen MR) is 125 cm³/mol. The van der Waals surface area contributed by atoms with Crippen molar-refractivity contribution in [1.29, 1.82) is 0 Å². The van der Waals surface area contributed by atoms with Crippen LogP contribution in [0.1, 0.15) is 22.4 Å². The zero-order valence-corrected chi connectivity index (χ0v) is 19.8. The van der Waals surface area contributed by atoms with Crippen LogP contribution in [0.2, 0.25) is 5.02 Å². The molecule has 162 valence electrons. The molecule has 0 bridgehead atoms. The van der Waals surface area contributed by atoms with E-state index in [0.29, 0.717) is 25.3 Å². The molecule has 0 fully saturated rings. The average molecular weight is 475 g/mol. The molecule has 0 spiro atoms. The number of thiazole rings is 1. The van der Waals surface area contributed by atoms with E-state index in [0.717, 1.165) is 44.1 Å². The fraction of sp³-hybridized carbons (Fsp3) is 0.304. The van der Waals surface area contributed by atoms with Gasteiger partial charge in [0.1, 0.15) is 4.34 Å². The van der Waals surface area contributed by atoms with Crippen molar-refractivity contribution in [2.24, 2.45) is 0 Å². The van der Waals surface area contributed by atoms with Crippen LogP contribution in [0.25, 0.3) is 0 Å². The second-order valence-electron chi connectivity index (χ2n) is 7.24. The largest absolute Gasteiger partial charge is 0.493 e. The Kier molecular flexibility index (Phi) is 7.05. The maximum atomic E-state index is 12.9. The summed E-state index contributed by atoms with van der Waals surface area (Å²) in [5, 5.41) is 2.71. The lowest BCUT2D eigenvalue weighted by Gasteiger charge is -2.29. The normalized spacial score (nSPS) is 13.1. The van der Waals surface area contributed by atoms with Gasteiger partial charge in [0, 0.05) is 29.2 Å². The first kappa shape index (κ1) is 22.0. The number of amides is 1. The van der Waals surface area contributed by atoms with Gasteiger partial charge in [0.05, 0.1) is 26.3 Å². The topological polar surface area (TPSA) is 51.7 Å². The number of nitrogens with zero attached hydrogens (tertiary/aromatic N) is 2. The van der Waals surface area contributed by atoms with Gasteiger partial charge in [0.15, 0.2) is 11.5 Å². The Morgan fingerprint density at radius 2 is 1.97 bits per heavy atom. The molecule has 31 heavy (non-hydrogen) atoms. The van der Waals surface area contributed by atoms with E-state index in [1.165, 1.54) is 5.56 Å². The lowest BCUT2D eigenvalue weighted by molar-refractivity contribution is -0.131. The van der Waals surface area contributed by atoms with E-state index in [1.54, 1.807) is 37.3 Å². The predicted octanol–water partition coefficient (Wildman–Crippen LogP) is 5.23. The summed E-state index contributed by atoms with van der Waals surface area (Å²) in [7, 11) is 3.26. The molecule has 0 atom stereocenters. The van der Waals surface area contributed by atoms with E-state index in [9.17, 15) is 4.79 Å². The Hall–Kier alpha value is -2.22. The van der Waals surface area contributed by atoms with Gasteiger partial charge < -0.3 is 14.4 Å². The highest BCUT2D eigenvalue weighted by molar-refractivity contribution is 8.00. The molecule has 1 amide bonds. The number of halogens is 1. The lowest BCUT2D eigenvalue weighted by atomic mass is 9.98. The van der Waals surface area contributed by atoms with Crippen molar-refractivity contribution in [3.05, 3.63) is 69.2 Å². The molecule has 0 saturated heterocycles. The number of aromatic nitrogens is 1. The summed E-state index contributed by atoms with van der Waals surface area (Å²) < 4.78 is 11.8. The van der Waals surface area contributed by atoms with Gasteiger partial charge in [-0.25, -0.2) is 4.98 Å². The second-order valence-corrected chi connectivity index (χ2v) is 9.76. The monoisotopic (exact) mass is 474 g/mol. The number of methoxy groups -OCH3 is 2. The van der Waals surface area contributed by atoms with Crippen molar-refractivity contribution >= 4 is 40.6 Å². The third-order valence-electron chi connectivity index (χ3n) is 5.19. The van der Waals surface area contributed by atoms with Gasteiger partial charge in [0.2, 0.25) is 5.91 Å². The molecule has 5 nitrogen and oxygen atoms in total. The van der Waals surface area contributed by atoms with Gasteiger partial charge in [-0.15, -0.1) is 11.3 Å². The number of rotatable bonds is 7. The molecule has 0 saturated carbocycles. The van der Waals surface area contributed by atoms with Crippen LogP contribution in [0, 0.1) is 0 Å². The summed E-state index contributed by atoms with van der Waals surface area (Å²) >= 11 is 9.29. The van der Waals surface area contributed by atoms with Gasteiger partial charge in [-0.2, -0.15) is 0 Å². The molecule has 1 aliphatic heterocycles. The number of hydrogen-bond acceptors (Lipinski definition) is 6. The summed E-state index contributed by atoms with van der Waals surface area (Å²) in [6.45, 7) is 1.27. The molecule has 0 radical (unpaired) electrons. The molecule has 2 aromatic carbocycles. The Labute approximate surface area is 195 Å². The molecule has 1 aliphatic rings. The third kappa shape index (κ3) is 5.34. The van der Waals surface area contributed by atoms with Gasteiger partial charge in [-0.3, -0.25) is 4.79 Å². The highest BCUT2D eigenvalue weighted by atomic mass is 35.5.